The second kappa shape index (κ2) is 5.17. The maximum absolute atomic E-state index is 13.9. The van der Waals surface area contributed by atoms with Crippen LogP contribution in [0.3, 0.4) is 0 Å². The van der Waals surface area contributed by atoms with E-state index in [1.165, 1.54) is 14.2 Å². The molecule has 0 aliphatic heterocycles. The van der Waals surface area contributed by atoms with Crippen LogP contribution in [0.25, 0.3) is 11.3 Å². The van der Waals surface area contributed by atoms with Crippen molar-refractivity contribution in [2.24, 2.45) is 0 Å². The van der Waals surface area contributed by atoms with Gasteiger partial charge in [-0.05, 0) is 19.1 Å². The zero-order valence-corrected chi connectivity index (χ0v) is 10.7. The predicted molar refractivity (Wildman–Crippen MR) is 65.2 cm³/mol. The number of ether oxygens (including phenoxy) is 2. The van der Waals surface area contributed by atoms with Crippen molar-refractivity contribution in [2.45, 2.75) is 6.92 Å². The molecule has 19 heavy (non-hydrogen) atoms. The highest BCUT2D eigenvalue weighted by molar-refractivity contribution is 5.62. The molecule has 0 aliphatic carbocycles. The third kappa shape index (κ3) is 2.62. The van der Waals surface area contributed by atoms with Gasteiger partial charge in [0.1, 0.15) is 5.82 Å². The van der Waals surface area contributed by atoms with Crippen molar-refractivity contribution in [1.29, 1.82) is 0 Å². The lowest BCUT2D eigenvalue weighted by Crippen LogP contribution is -1.98. The summed E-state index contributed by atoms with van der Waals surface area (Å²) >= 11 is 0. The van der Waals surface area contributed by atoms with E-state index in [9.17, 15) is 8.78 Å². The van der Waals surface area contributed by atoms with E-state index in [0.29, 0.717) is 5.69 Å². The van der Waals surface area contributed by atoms with E-state index in [0.717, 1.165) is 12.1 Å². The average molecular weight is 266 g/mol. The van der Waals surface area contributed by atoms with Gasteiger partial charge in [0, 0.05) is 17.3 Å². The number of nitrogens with zero attached hydrogens (tertiary/aromatic N) is 2. The van der Waals surface area contributed by atoms with Gasteiger partial charge in [0.2, 0.25) is 0 Å². The highest BCUT2D eigenvalue weighted by Crippen LogP contribution is 2.28. The standard InChI is InChI=1S/C13H12F2N2O2/c1-7-4-11(17-13(16-7)19-3)8-5-10(15)12(18-2)6-9(8)14/h4-6H,1-3H3. The van der Waals surface area contributed by atoms with Crippen molar-refractivity contribution in [3.8, 4) is 23.0 Å². The Morgan fingerprint density at radius 3 is 2.32 bits per heavy atom. The topological polar surface area (TPSA) is 44.2 Å². The predicted octanol–water partition coefficient (Wildman–Crippen LogP) is 2.75. The lowest BCUT2D eigenvalue weighted by molar-refractivity contribution is 0.378. The third-order valence-corrected chi connectivity index (χ3v) is 2.53. The van der Waals surface area contributed by atoms with Crippen LogP contribution in [0.1, 0.15) is 5.69 Å². The first-order valence-electron chi connectivity index (χ1n) is 5.48. The van der Waals surface area contributed by atoms with Crippen molar-refractivity contribution in [2.75, 3.05) is 14.2 Å². The van der Waals surface area contributed by atoms with Crippen molar-refractivity contribution >= 4 is 0 Å². The van der Waals surface area contributed by atoms with E-state index in [4.69, 9.17) is 9.47 Å². The number of aromatic nitrogens is 2. The van der Waals surface area contributed by atoms with E-state index >= 15 is 0 Å². The molecule has 0 N–H and O–H groups in total. The van der Waals surface area contributed by atoms with Gasteiger partial charge in [0.05, 0.1) is 19.9 Å². The molecule has 0 spiro atoms. The number of halogens is 2. The highest BCUT2D eigenvalue weighted by atomic mass is 19.1. The molecule has 1 aromatic heterocycles. The Hall–Kier alpha value is -2.24. The Morgan fingerprint density at radius 2 is 1.68 bits per heavy atom. The maximum atomic E-state index is 13.9. The molecule has 1 heterocycles. The Bertz CT molecular complexity index is 618. The highest BCUT2D eigenvalue weighted by Gasteiger charge is 2.14. The minimum absolute atomic E-state index is 0.0297. The molecule has 0 fully saturated rings. The first-order valence-corrected chi connectivity index (χ1v) is 5.48. The monoisotopic (exact) mass is 266 g/mol. The van der Waals surface area contributed by atoms with Crippen molar-refractivity contribution < 1.29 is 18.3 Å². The second-order valence-electron chi connectivity index (χ2n) is 3.85. The van der Waals surface area contributed by atoms with Gasteiger partial charge in [0.25, 0.3) is 0 Å². The molecule has 2 aromatic rings. The third-order valence-electron chi connectivity index (χ3n) is 2.53. The molecule has 0 saturated carbocycles. The molecule has 6 heteroatoms. The molecule has 2 rings (SSSR count). The molecule has 0 unspecified atom stereocenters. The second-order valence-corrected chi connectivity index (χ2v) is 3.85. The molecule has 0 amide bonds. The van der Waals surface area contributed by atoms with Gasteiger partial charge >= 0.3 is 6.01 Å². The summed E-state index contributed by atoms with van der Waals surface area (Å²) in [5.41, 5.74) is 0.878. The van der Waals surface area contributed by atoms with Gasteiger partial charge < -0.3 is 9.47 Å². The quantitative estimate of drug-likeness (QED) is 0.856. The fraction of sp³-hybridized carbons (Fsp3) is 0.231. The summed E-state index contributed by atoms with van der Waals surface area (Å²) in [7, 11) is 2.68. The van der Waals surface area contributed by atoms with E-state index in [1.807, 2.05) is 0 Å². The zero-order valence-electron chi connectivity index (χ0n) is 10.7. The van der Waals surface area contributed by atoms with Crippen LogP contribution in [0.4, 0.5) is 8.78 Å². The van der Waals surface area contributed by atoms with Gasteiger partial charge in [-0.1, -0.05) is 0 Å². The van der Waals surface area contributed by atoms with Gasteiger partial charge in [-0.2, -0.15) is 4.98 Å². The molecule has 0 saturated heterocycles. The summed E-state index contributed by atoms with van der Waals surface area (Å²) < 4.78 is 37.2. The zero-order chi connectivity index (χ0) is 14.0. The lowest BCUT2D eigenvalue weighted by atomic mass is 10.1. The summed E-state index contributed by atoms with van der Waals surface area (Å²) in [5, 5.41) is 0. The molecule has 1 aromatic carbocycles. The Labute approximate surface area is 109 Å². The van der Waals surface area contributed by atoms with Gasteiger partial charge in [0.15, 0.2) is 11.6 Å². The fourth-order valence-electron chi connectivity index (χ4n) is 1.65. The lowest BCUT2D eigenvalue weighted by Gasteiger charge is -2.08. The van der Waals surface area contributed by atoms with Crippen molar-refractivity contribution in [3.05, 3.63) is 35.5 Å². The maximum Gasteiger partial charge on any atom is 0.316 e. The minimum Gasteiger partial charge on any atom is -0.494 e. The first-order chi connectivity index (χ1) is 9.05. The Kier molecular flexibility index (Phi) is 3.59. The van der Waals surface area contributed by atoms with Crippen molar-refractivity contribution in [1.82, 2.24) is 9.97 Å². The van der Waals surface area contributed by atoms with Crippen LogP contribution in [0, 0.1) is 18.6 Å². The molecular formula is C13H12F2N2O2. The smallest absolute Gasteiger partial charge is 0.316 e. The van der Waals surface area contributed by atoms with E-state index < -0.39 is 11.6 Å². The van der Waals surface area contributed by atoms with Crippen LogP contribution >= 0.6 is 0 Å². The van der Waals surface area contributed by atoms with Crippen LogP contribution in [-0.4, -0.2) is 24.2 Å². The molecular weight excluding hydrogens is 254 g/mol. The molecule has 4 nitrogen and oxygen atoms in total. The molecule has 0 bridgehead atoms. The average Bonchev–Trinajstić information content (AvgIpc) is 2.40. The first kappa shape index (κ1) is 13.2. The van der Waals surface area contributed by atoms with Gasteiger partial charge in [-0.25, -0.2) is 13.8 Å². The number of benzene rings is 1. The summed E-state index contributed by atoms with van der Waals surface area (Å²) in [6.45, 7) is 1.71. The van der Waals surface area contributed by atoms with Crippen LogP contribution in [0.2, 0.25) is 0 Å². The number of rotatable bonds is 3. The van der Waals surface area contributed by atoms with Gasteiger partial charge in [-0.3, -0.25) is 0 Å². The van der Waals surface area contributed by atoms with Crippen LogP contribution in [0.15, 0.2) is 18.2 Å². The largest absolute Gasteiger partial charge is 0.494 e. The number of aryl methyl sites for hydroxylation is 1. The van der Waals surface area contributed by atoms with E-state index in [1.54, 1.807) is 13.0 Å². The molecule has 100 valence electrons. The number of hydrogen-bond donors (Lipinski definition) is 0. The van der Waals surface area contributed by atoms with Gasteiger partial charge in [-0.15, -0.1) is 0 Å². The summed E-state index contributed by atoms with van der Waals surface area (Å²) in [5.74, 6) is -1.44. The SMILES string of the molecule is COc1nc(C)cc(-c2cc(F)c(OC)cc2F)n1. The van der Waals surface area contributed by atoms with E-state index in [-0.39, 0.29) is 23.0 Å². The Balaban J connectivity index is 2.58. The molecule has 0 aliphatic rings. The van der Waals surface area contributed by atoms with E-state index in [2.05, 4.69) is 9.97 Å². The molecule has 0 radical (unpaired) electrons. The number of methoxy groups -OCH3 is 2. The Morgan fingerprint density at radius 1 is 0.947 bits per heavy atom. The van der Waals surface area contributed by atoms with Crippen LogP contribution in [0.5, 0.6) is 11.8 Å². The van der Waals surface area contributed by atoms with Crippen molar-refractivity contribution in [3.63, 3.8) is 0 Å². The van der Waals surface area contributed by atoms with Crippen LogP contribution in [-0.2, 0) is 0 Å². The minimum atomic E-state index is -0.658. The van der Waals surface area contributed by atoms with Crippen LogP contribution < -0.4 is 9.47 Å². The molecule has 0 atom stereocenters. The fourth-order valence-corrected chi connectivity index (χ4v) is 1.65. The normalized spacial score (nSPS) is 10.4. The summed E-state index contributed by atoms with van der Waals surface area (Å²) in [6, 6.07) is 3.67. The summed E-state index contributed by atoms with van der Waals surface area (Å²) in [6.07, 6.45) is 0. The number of hydrogen-bond acceptors (Lipinski definition) is 4. The summed E-state index contributed by atoms with van der Waals surface area (Å²) in [4.78, 5) is 7.99.